The van der Waals surface area contributed by atoms with Crippen LogP contribution in [-0.4, -0.2) is 75.1 Å². The Morgan fingerprint density at radius 2 is 1.95 bits per heavy atom. The summed E-state index contributed by atoms with van der Waals surface area (Å²) < 4.78 is 0. The van der Waals surface area contributed by atoms with Crippen LogP contribution in [0.5, 0.6) is 5.75 Å². The number of benzene rings is 1. The van der Waals surface area contributed by atoms with Crippen molar-refractivity contribution in [3.63, 3.8) is 0 Å². The van der Waals surface area contributed by atoms with E-state index in [-0.39, 0.29) is 29.7 Å². The van der Waals surface area contributed by atoms with Gasteiger partial charge in [0, 0.05) is 24.6 Å². The Morgan fingerprint density at radius 3 is 2.55 bits per heavy atom. The van der Waals surface area contributed by atoms with Gasteiger partial charge in [0.2, 0.25) is 5.78 Å². The number of hydrogen-bond donors (Lipinski definition) is 6. The quantitative estimate of drug-likeness (QED) is 0.209. The molecule has 0 aromatic heterocycles. The number of aliphatic hydroxyl groups excluding tert-OH is 2. The highest BCUT2D eigenvalue weighted by Crippen LogP contribution is 2.52. The highest BCUT2D eigenvalue weighted by Gasteiger charge is 2.63. The summed E-state index contributed by atoms with van der Waals surface area (Å²) in [4.78, 5) is 40.8. The molecule has 1 aromatic carbocycles. The van der Waals surface area contributed by atoms with Gasteiger partial charge in [0.15, 0.2) is 11.4 Å². The molecule has 10 nitrogen and oxygen atoms in total. The van der Waals surface area contributed by atoms with Gasteiger partial charge in [0.25, 0.3) is 5.91 Å². The highest BCUT2D eigenvalue weighted by atomic mass is 16.3. The number of phenolic OH excluding ortho intramolecular Hbond substituents is 1. The zero-order valence-corrected chi connectivity index (χ0v) is 22.8. The highest BCUT2D eigenvalue weighted by molar-refractivity contribution is 6.24. The lowest BCUT2D eigenvalue weighted by Gasteiger charge is -2.50. The number of aliphatic hydroxyl groups is 3. The van der Waals surface area contributed by atoms with E-state index in [0.717, 1.165) is 11.1 Å². The van der Waals surface area contributed by atoms with Gasteiger partial charge in [-0.1, -0.05) is 36.9 Å². The van der Waals surface area contributed by atoms with E-state index >= 15 is 0 Å². The second-order valence-corrected chi connectivity index (χ2v) is 10.6. The Morgan fingerprint density at radius 1 is 1.25 bits per heavy atom. The molecule has 3 aliphatic carbocycles. The summed E-state index contributed by atoms with van der Waals surface area (Å²) in [5.41, 5.74) is 4.09. The molecule has 7 N–H and O–H groups in total. The molecule has 0 spiro atoms. The standard InChI is InChI=1S/C30H35N3O7/c1-5-7-15(8-6-2)13-32-14-16-9-10-20(34)22-18(16)11-17-12-19-24(33(3)4)26(36)23(29(31)39)28(38)30(19,40)27(37)21(17)25(22)35/h5-10,17,19,24,32,34,36-37,40H,1,11-14H2,2-4H3,(H2,31,39)/b8-6-,15-7+/t17-,19-,24-,30-/m0/s1. The summed E-state index contributed by atoms with van der Waals surface area (Å²) in [5.74, 6) is -6.65. The summed E-state index contributed by atoms with van der Waals surface area (Å²) >= 11 is 0. The maximum atomic E-state index is 13.8. The number of amides is 1. The topological polar surface area (TPSA) is 173 Å². The minimum atomic E-state index is -2.65. The molecule has 4 atom stereocenters. The molecule has 1 amide bonds. The maximum Gasteiger partial charge on any atom is 0.255 e. The van der Waals surface area contributed by atoms with Gasteiger partial charge in [-0.3, -0.25) is 19.3 Å². The minimum Gasteiger partial charge on any atom is -0.510 e. The largest absolute Gasteiger partial charge is 0.510 e. The van der Waals surface area contributed by atoms with Crippen LogP contribution in [0.1, 0.15) is 34.8 Å². The van der Waals surface area contributed by atoms with Crippen molar-refractivity contribution in [3.05, 3.63) is 87.9 Å². The van der Waals surface area contributed by atoms with Gasteiger partial charge in [-0.05, 0) is 62.5 Å². The van der Waals surface area contributed by atoms with E-state index in [1.165, 1.54) is 11.0 Å². The third-order valence-electron chi connectivity index (χ3n) is 8.06. The molecule has 0 fully saturated rings. The van der Waals surface area contributed by atoms with Crippen LogP contribution < -0.4 is 11.1 Å². The van der Waals surface area contributed by atoms with Gasteiger partial charge < -0.3 is 31.5 Å². The average molecular weight is 550 g/mol. The predicted molar refractivity (Wildman–Crippen MR) is 148 cm³/mol. The van der Waals surface area contributed by atoms with Crippen molar-refractivity contribution in [2.75, 3.05) is 20.6 Å². The Labute approximate surface area is 232 Å². The fourth-order valence-electron chi connectivity index (χ4n) is 6.36. The molecule has 212 valence electrons. The van der Waals surface area contributed by atoms with Crippen molar-refractivity contribution < 1.29 is 34.8 Å². The summed E-state index contributed by atoms with van der Waals surface area (Å²) in [6.45, 7) is 6.56. The van der Waals surface area contributed by atoms with E-state index < -0.39 is 58.0 Å². The van der Waals surface area contributed by atoms with Crippen LogP contribution in [0.2, 0.25) is 0 Å². The van der Waals surface area contributed by atoms with E-state index in [2.05, 4.69) is 11.9 Å². The fourth-order valence-corrected chi connectivity index (χ4v) is 6.36. The molecular weight excluding hydrogens is 514 g/mol. The lowest BCUT2D eigenvalue weighted by atomic mass is 9.58. The van der Waals surface area contributed by atoms with Crippen molar-refractivity contribution in [2.45, 2.75) is 38.0 Å². The molecule has 0 bridgehead atoms. The van der Waals surface area contributed by atoms with E-state index in [4.69, 9.17) is 5.73 Å². The first kappa shape index (κ1) is 29.0. The van der Waals surface area contributed by atoms with Crippen LogP contribution in [0.15, 0.2) is 71.3 Å². The summed E-state index contributed by atoms with van der Waals surface area (Å²) in [6, 6.07) is 2.10. The lowest BCUT2D eigenvalue weighted by molar-refractivity contribution is -0.148. The average Bonchev–Trinajstić information content (AvgIpc) is 2.87. The van der Waals surface area contributed by atoms with Gasteiger partial charge in [0.1, 0.15) is 22.8 Å². The zero-order chi connectivity index (χ0) is 29.5. The summed E-state index contributed by atoms with van der Waals surface area (Å²) in [6.07, 6.45) is 7.73. The number of nitrogens with zero attached hydrogens (tertiary/aromatic N) is 1. The Balaban J connectivity index is 1.78. The minimum absolute atomic E-state index is 0.00427. The van der Waals surface area contributed by atoms with Gasteiger partial charge in [-0.15, -0.1) is 0 Å². The molecule has 0 radical (unpaired) electrons. The van der Waals surface area contributed by atoms with Crippen molar-refractivity contribution in [2.24, 2.45) is 17.6 Å². The number of aromatic hydroxyl groups is 1. The number of primary amides is 1. The molecular formula is C30H35N3O7. The number of ketones is 2. The second kappa shape index (κ2) is 10.9. The first-order valence-corrected chi connectivity index (χ1v) is 13.0. The maximum absolute atomic E-state index is 13.8. The van der Waals surface area contributed by atoms with Crippen LogP contribution >= 0.6 is 0 Å². The van der Waals surface area contributed by atoms with E-state index in [1.807, 2.05) is 25.2 Å². The van der Waals surface area contributed by atoms with Gasteiger partial charge in [-0.2, -0.15) is 0 Å². The Bertz CT molecular complexity index is 1420. The number of Topliss-reactive ketones (excluding diaryl/α,β-unsaturated/α-hetero) is 2. The molecule has 0 saturated heterocycles. The van der Waals surface area contributed by atoms with E-state index in [0.29, 0.717) is 18.7 Å². The van der Waals surface area contributed by atoms with Crippen LogP contribution in [0.4, 0.5) is 0 Å². The summed E-state index contributed by atoms with van der Waals surface area (Å²) in [5, 5.41) is 48.0. The number of nitrogens with one attached hydrogen (secondary N) is 1. The number of carbonyl (C=O) groups excluding carboxylic acids is 3. The Kier molecular flexibility index (Phi) is 7.89. The van der Waals surface area contributed by atoms with Crippen molar-refractivity contribution in [3.8, 4) is 5.75 Å². The van der Waals surface area contributed by atoms with Crippen molar-refractivity contribution >= 4 is 17.5 Å². The fraction of sp³-hybridized carbons (Fsp3) is 0.367. The molecule has 0 unspecified atom stereocenters. The molecule has 0 heterocycles. The van der Waals surface area contributed by atoms with Crippen LogP contribution in [0.25, 0.3) is 0 Å². The predicted octanol–water partition coefficient (Wildman–Crippen LogP) is 1.90. The number of allylic oxidation sites excluding steroid dienone is 4. The molecule has 3 aliphatic rings. The van der Waals surface area contributed by atoms with Gasteiger partial charge in [0.05, 0.1) is 11.6 Å². The molecule has 0 aliphatic heterocycles. The second-order valence-electron chi connectivity index (χ2n) is 10.6. The normalized spacial score (nSPS) is 26.7. The SMILES string of the molecule is C=C/C=C(\C=C/C)CNCc1ccc(O)c2c1C[C@H]1C[C@H]3[C@H](N(C)C)C(O)=C(C(N)=O)C(=O)[C@@]3(O)C(O)=C1C2=O. The first-order chi connectivity index (χ1) is 18.9. The van der Waals surface area contributed by atoms with Crippen molar-refractivity contribution in [1.82, 2.24) is 10.2 Å². The number of fused-ring (bicyclic) bond motifs is 3. The number of nitrogens with two attached hydrogens (primary N) is 1. The lowest BCUT2D eigenvalue weighted by Crippen LogP contribution is -2.63. The first-order valence-electron chi connectivity index (χ1n) is 13.0. The third-order valence-corrected chi connectivity index (χ3v) is 8.06. The van der Waals surface area contributed by atoms with Crippen LogP contribution in [0, 0.1) is 11.8 Å². The number of carbonyl (C=O) groups is 3. The molecule has 0 saturated carbocycles. The summed E-state index contributed by atoms with van der Waals surface area (Å²) in [7, 11) is 3.19. The van der Waals surface area contributed by atoms with Crippen LogP contribution in [-0.2, 0) is 22.6 Å². The Hall–Kier alpha value is -3.99. The van der Waals surface area contributed by atoms with Gasteiger partial charge >= 0.3 is 0 Å². The van der Waals surface area contributed by atoms with E-state index in [9.17, 15) is 34.8 Å². The molecule has 1 aromatic rings. The smallest absolute Gasteiger partial charge is 0.255 e. The number of hydrogen-bond acceptors (Lipinski definition) is 9. The third kappa shape index (κ3) is 4.47. The monoisotopic (exact) mass is 549 g/mol. The zero-order valence-electron chi connectivity index (χ0n) is 22.8. The van der Waals surface area contributed by atoms with Crippen molar-refractivity contribution in [1.29, 1.82) is 0 Å². The van der Waals surface area contributed by atoms with Gasteiger partial charge in [-0.25, -0.2) is 0 Å². The molecule has 40 heavy (non-hydrogen) atoms. The molecule has 10 heteroatoms. The number of likely N-dealkylation sites (N-methyl/N-ethyl adjacent to an activating group) is 1. The van der Waals surface area contributed by atoms with Crippen LogP contribution in [0.3, 0.4) is 0 Å². The number of rotatable bonds is 8. The molecule has 4 rings (SSSR count). The number of phenols is 1. The van der Waals surface area contributed by atoms with E-state index in [1.54, 1.807) is 26.2 Å².